The van der Waals surface area contributed by atoms with E-state index in [0.29, 0.717) is 19.3 Å². The Morgan fingerprint density at radius 3 is 2.12 bits per heavy atom. The van der Waals surface area contributed by atoms with E-state index in [9.17, 15) is 31.9 Å². The molecular formula is C15H16F4O5. The summed E-state index contributed by atoms with van der Waals surface area (Å²) in [6.07, 6.45) is -0.555. The third-order valence-electron chi connectivity index (χ3n) is 5.30. The van der Waals surface area contributed by atoms with E-state index >= 15 is 0 Å². The zero-order chi connectivity index (χ0) is 17.9. The molecule has 0 amide bonds. The van der Waals surface area contributed by atoms with Crippen LogP contribution in [0.4, 0.5) is 17.6 Å². The highest BCUT2D eigenvalue weighted by Crippen LogP contribution is 2.56. The lowest BCUT2D eigenvalue weighted by atomic mass is 9.53. The lowest BCUT2D eigenvalue weighted by Crippen LogP contribution is -2.58. The van der Waals surface area contributed by atoms with Crippen LogP contribution in [0, 0.1) is 17.8 Å². The second-order valence-electron chi connectivity index (χ2n) is 7.21. The maximum atomic E-state index is 13.7. The molecule has 5 nitrogen and oxygen atoms in total. The van der Waals surface area contributed by atoms with Crippen LogP contribution in [0.5, 0.6) is 0 Å². The van der Waals surface area contributed by atoms with Gasteiger partial charge >= 0.3 is 23.8 Å². The summed E-state index contributed by atoms with van der Waals surface area (Å²) < 4.78 is 58.5. The first-order valence-electron chi connectivity index (χ1n) is 7.70. The number of carbonyl (C=O) groups excluding carboxylic acids is 2. The van der Waals surface area contributed by atoms with Gasteiger partial charge in [0.15, 0.2) is 0 Å². The predicted molar refractivity (Wildman–Crippen MR) is 69.5 cm³/mol. The Labute approximate surface area is 134 Å². The average molecular weight is 352 g/mol. The first-order valence-corrected chi connectivity index (χ1v) is 7.70. The van der Waals surface area contributed by atoms with Gasteiger partial charge in [0.2, 0.25) is 0 Å². The molecule has 0 aromatic carbocycles. The number of carbonyl (C=O) groups is 3. The zero-order valence-corrected chi connectivity index (χ0v) is 12.6. The fraction of sp³-hybridized carbons (Fsp3) is 0.800. The molecule has 4 saturated carbocycles. The Hall–Kier alpha value is -1.67. The second kappa shape index (κ2) is 5.16. The van der Waals surface area contributed by atoms with Gasteiger partial charge in [-0.3, -0.25) is 4.79 Å². The van der Waals surface area contributed by atoms with Crippen molar-refractivity contribution < 1.29 is 41.8 Å². The number of aliphatic carboxylic acids is 1. The molecule has 0 radical (unpaired) electrons. The first kappa shape index (κ1) is 17.2. The maximum Gasteiger partial charge on any atom is 0.377 e. The number of rotatable bonds is 5. The molecule has 1 N–H and O–H groups in total. The molecule has 134 valence electrons. The normalized spacial score (nSPS) is 35.2. The Morgan fingerprint density at radius 1 is 1.08 bits per heavy atom. The minimum Gasteiger partial charge on any atom is -0.477 e. The standard InChI is InChI=1S/C15H16F4O5/c16-14(17,11(21)22)6-15(18,19)12(23)24-13-3-7-1-8(4-13)10(20)9(2-7)5-13/h7-9H,1-6H2,(H,21,22). The van der Waals surface area contributed by atoms with Gasteiger partial charge in [-0.2, -0.15) is 17.6 Å². The molecule has 9 heteroatoms. The number of hydrogen-bond acceptors (Lipinski definition) is 4. The Morgan fingerprint density at radius 2 is 1.62 bits per heavy atom. The van der Waals surface area contributed by atoms with Crippen LogP contribution in [0.25, 0.3) is 0 Å². The molecule has 2 atom stereocenters. The molecule has 0 saturated heterocycles. The summed E-state index contributed by atoms with van der Waals surface area (Å²) in [5.74, 6) is -14.7. The van der Waals surface area contributed by atoms with Crippen molar-refractivity contribution in [2.24, 2.45) is 17.8 Å². The van der Waals surface area contributed by atoms with Crippen molar-refractivity contribution in [1.82, 2.24) is 0 Å². The molecule has 0 heterocycles. The van der Waals surface area contributed by atoms with Gasteiger partial charge in [-0.1, -0.05) is 0 Å². The monoisotopic (exact) mass is 352 g/mol. The van der Waals surface area contributed by atoms with Crippen LogP contribution in [0.2, 0.25) is 0 Å². The average Bonchev–Trinajstić information content (AvgIpc) is 2.42. The van der Waals surface area contributed by atoms with Crippen LogP contribution >= 0.6 is 0 Å². The van der Waals surface area contributed by atoms with Crippen molar-refractivity contribution in [2.75, 3.05) is 0 Å². The number of halogens is 4. The van der Waals surface area contributed by atoms with E-state index < -0.39 is 35.8 Å². The van der Waals surface area contributed by atoms with Crippen molar-refractivity contribution in [1.29, 1.82) is 0 Å². The smallest absolute Gasteiger partial charge is 0.377 e. The summed E-state index contributed by atoms with van der Waals surface area (Å²) in [4.78, 5) is 34.1. The lowest BCUT2D eigenvalue weighted by molar-refractivity contribution is -0.218. The molecular weight excluding hydrogens is 336 g/mol. The van der Waals surface area contributed by atoms with E-state index in [1.54, 1.807) is 0 Å². The van der Waals surface area contributed by atoms with Crippen molar-refractivity contribution in [3.05, 3.63) is 0 Å². The molecule has 4 aliphatic rings. The number of Topliss-reactive ketones (excluding diaryl/α,β-unsaturated/α-hetero) is 1. The largest absolute Gasteiger partial charge is 0.477 e. The Kier molecular flexibility index (Phi) is 3.69. The summed E-state index contributed by atoms with van der Waals surface area (Å²) in [7, 11) is 0. The minimum atomic E-state index is -4.74. The third-order valence-corrected chi connectivity index (χ3v) is 5.30. The highest BCUT2D eigenvalue weighted by Gasteiger charge is 2.60. The van der Waals surface area contributed by atoms with E-state index in [1.807, 2.05) is 0 Å². The number of alkyl halides is 4. The molecule has 4 fully saturated rings. The van der Waals surface area contributed by atoms with E-state index in [-0.39, 0.29) is 36.4 Å². The summed E-state index contributed by atoms with van der Waals surface area (Å²) in [5, 5.41) is 8.25. The summed E-state index contributed by atoms with van der Waals surface area (Å²) in [6.45, 7) is 0. The van der Waals surface area contributed by atoms with Gasteiger partial charge in [0.25, 0.3) is 0 Å². The third kappa shape index (κ3) is 2.77. The van der Waals surface area contributed by atoms with Gasteiger partial charge in [-0.25, -0.2) is 9.59 Å². The fourth-order valence-electron chi connectivity index (χ4n) is 4.50. The Bertz CT molecular complexity index is 585. The number of ketones is 1. The van der Waals surface area contributed by atoms with E-state index in [0.717, 1.165) is 0 Å². The van der Waals surface area contributed by atoms with Crippen molar-refractivity contribution in [3.63, 3.8) is 0 Å². The molecule has 4 bridgehead atoms. The second-order valence-corrected chi connectivity index (χ2v) is 7.21. The summed E-state index contributed by atoms with van der Waals surface area (Å²) >= 11 is 0. The van der Waals surface area contributed by atoms with Crippen LogP contribution in [-0.4, -0.2) is 40.3 Å². The molecule has 0 spiro atoms. The van der Waals surface area contributed by atoms with Crippen LogP contribution < -0.4 is 0 Å². The highest BCUT2D eigenvalue weighted by atomic mass is 19.3. The minimum absolute atomic E-state index is 0.0572. The maximum absolute atomic E-state index is 13.7. The van der Waals surface area contributed by atoms with Crippen LogP contribution in [0.15, 0.2) is 0 Å². The fourth-order valence-corrected chi connectivity index (χ4v) is 4.50. The number of esters is 1. The molecule has 24 heavy (non-hydrogen) atoms. The van der Waals surface area contributed by atoms with Gasteiger partial charge in [-0.15, -0.1) is 0 Å². The van der Waals surface area contributed by atoms with E-state index in [4.69, 9.17) is 9.84 Å². The van der Waals surface area contributed by atoms with Crippen molar-refractivity contribution >= 4 is 17.7 Å². The van der Waals surface area contributed by atoms with Crippen molar-refractivity contribution in [2.45, 2.75) is 56.0 Å². The molecule has 2 unspecified atom stereocenters. The van der Waals surface area contributed by atoms with Crippen molar-refractivity contribution in [3.8, 4) is 0 Å². The lowest BCUT2D eigenvalue weighted by Gasteiger charge is -2.54. The number of hydrogen-bond donors (Lipinski definition) is 1. The molecule has 4 aliphatic carbocycles. The molecule has 0 aromatic heterocycles. The van der Waals surface area contributed by atoms with Gasteiger partial charge < -0.3 is 9.84 Å². The zero-order valence-electron chi connectivity index (χ0n) is 12.6. The summed E-state index contributed by atoms with van der Waals surface area (Å²) in [6, 6.07) is 0. The van der Waals surface area contributed by atoms with Gasteiger partial charge in [0.1, 0.15) is 11.4 Å². The number of carboxylic acids is 1. The van der Waals surface area contributed by atoms with Gasteiger partial charge in [0, 0.05) is 11.8 Å². The predicted octanol–water partition coefficient (Wildman–Crippen LogP) is 2.42. The quantitative estimate of drug-likeness (QED) is 0.607. The topological polar surface area (TPSA) is 80.7 Å². The number of ether oxygens (including phenoxy) is 1. The molecule has 0 aliphatic heterocycles. The highest BCUT2D eigenvalue weighted by molar-refractivity contribution is 5.86. The summed E-state index contributed by atoms with van der Waals surface area (Å²) in [5.41, 5.74) is -1.22. The first-order chi connectivity index (χ1) is 10.9. The van der Waals surface area contributed by atoms with E-state index in [2.05, 4.69) is 0 Å². The van der Waals surface area contributed by atoms with E-state index in [1.165, 1.54) is 0 Å². The SMILES string of the molecule is O=C1C2CC3CC1CC(OC(=O)C(F)(F)CC(F)(F)C(=O)O)(C3)C2. The molecule has 0 aromatic rings. The van der Waals surface area contributed by atoms with Gasteiger partial charge in [0.05, 0.1) is 6.42 Å². The van der Waals surface area contributed by atoms with Gasteiger partial charge in [-0.05, 0) is 38.0 Å². The Balaban J connectivity index is 1.73. The van der Waals surface area contributed by atoms with Crippen LogP contribution in [0.3, 0.4) is 0 Å². The molecule has 4 rings (SSSR count). The van der Waals surface area contributed by atoms with Crippen LogP contribution in [-0.2, 0) is 19.1 Å². The van der Waals surface area contributed by atoms with Crippen LogP contribution in [0.1, 0.15) is 38.5 Å². The number of carboxylic acid groups (broad SMARTS) is 1.